The molecule has 0 aliphatic heterocycles. The zero-order chi connectivity index (χ0) is 17.9. The molecule has 1 aromatic carbocycles. The molecule has 0 aliphatic carbocycles. The number of nitrogens with zero attached hydrogens (tertiary/aromatic N) is 2. The standard InChI is InChI=1S/C18H26N4O2/c1-11-6-7-16(24-9-8-19)15(10-11)18(23)22(5)14(4)17-12(2)20-21-13(17)3/h6-7,10,14H,8-9,19H2,1-5H3,(H,20,21)/t14-/m1/s1. The number of benzene rings is 1. The Bertz CT molecular complexity index is 704. The lowest BCUT2D eigenvalue weighted by atomic mass is 10.0. The van der Waals surface area contributed by atoms with E-state index in [9.17, 15) is 4.79 Å². The van der Waals surface area contributed by atoms with Crippen molar-refractivity contribution in [1.82, 2.24) is 15.1 Å². The van der Waals surface area contributed by atoms with Gasteiger partial charge in [-0.25, -0.2) is 0 Å². The quantitative estimate of drug-likeness (QED) is 0.852. The highest BCUT2D eigenvalue weighted by Crippen LogP contribution is 2.28. The summed E-state index contributed by atoms with van der Waals surface area (Å²) < 4.78 is 5.64. The number of aryl methyl sites for hydroxylation is 3. The zero-order valence-electron chi connectivity index (χ0n) is 15.0. The van der Waals surface area contributed by atoms with E-state index in [1.54, 1.807) is 11.9 Å². The van der Waals surface area contributed by atoms with Crippen molar-refractivity contribution in [2.24, 2.45) is 5.73 Å². The molecule has 24 heavy (non-hydrogen) atoms. The molecular weight excluding hydrogens is 304 g/mol. The summed E-state index contributed by atoms with van der Waals surface area (Å²) in [6.07, 6.45) is 0. The van der Waals surface area contributed by atoms with E-state index in [1.807, 2.05) is 45.9 Å². The molecule has 2 aromatic rings. The number of carbonyl (C=O) groups is 1. The molecule has 3 N–H and O–H groups in total. The highest BCUT2D eigenvalue weighted by Gasteiger charge is 2.25. The van der Waals surface area contributed by atoms with Crippen LogP contribution in [-0.2, 0) is 0 Å². The topological polar surface area (TPSA) is 84.2 Å². The van der Waals surface area contributed by atoms with Crippen LogP contribution in [0.4, 0.5) is 0 Å². The van der Waals surface area contributed by atoms with Crippen LogP contribution < -0.4 is 10.5 Å². The van der Waals surface area contributed by atoms with Crippen LogP contribution in [0, 0.1) is 20.8 Å². The van der Waals surface area contributed by atoms with Gasteiger partial charge < -0.3 is 15.4 Å². The third-order valence-corrected chi connectivity index (χ3v) is 4.25. The van der Waals surface area contributed by atoms with Gasteiger partial charge in [0.05, 0.1) is 17.3 Å². The highest BCUT2D eigenvalue weighted by molar-refractivity contribution is 5.97. The van der Waals surface area contributed by atoms with Gasteiger partial charge in [0.1, 0.15) is 12.4 Å². The van der Waals surface area contributed by atoms with Crippen molar-refractivity contribution in [3.05, 3.63) is 46.3 Å². The summed E-state index contributed by atoms with van der Waals surface area (Å²) in [5, 5.41) is 7.20. The number of amides is 1. The number of carbonyl (C=O) groups excluding carboxylic acids is 1. The summed E-state index contributed by atoms with van der Waals surface area (Å²) in [6, 6.07) is 5.51. The molecule has 6 nitrogen and oxygen atoms in total. The molecule has 2 rings (SSSR count). The molecule has 0 spiro atoms. The second kappa shape index (κ2) is 7.49. The predicted molar refractivity (Wildman–Crippen MR) is 94.3 cm³/mol. The Morgan fingerprint density at radius 3 is 2.67 bits per heavy atom. The third-order valence-electron chi connectivity index (χ3n) is 4.25. The molecule has 1 aromatic heterocycles. The first-order valence-electron chi connectivity index (χ1n) is 8.09. The summed E-state index contributed by atoms with van der Waals surface area (Å²) in [5.74, 6) is 0.481. The Balaban J connectivity index is 2.32. The van der Waals surface area contributed by atoms with Gasteiger partial charge in [0, 0.05) is 24.8 Å². The second-order valence-electron chi connectivity index (χ2n) is 6.08. The van der Waals surface area contributed by atoms with Gasteiger partial charge >= 0.3 is 0 Å². The number of ether oxygens (including phenoxy) is 1. The second-order valence-corrected chi connectivity index (χ2v) is 6.08. The van der Waals surface area contributed by atoms with Crippen LogP contribution in [0.3, 0.4) is 0 Å². The van der Waals surface area contributed by atoms with E-state index < -0.39 is 0 Å². The maximum absolute atomic E-state index is 13.0. The van der Waals surface area contributed by atoms with Crippen LogP contribution in [-0.4, -0.2) is 41.2 Å². The maximum atomic E-state index is 13.0. The van der Waals surface area contributed by atoms with Crippen LogP contribution in [0.15, 0.2) is 18.2 Å². The molecule has 1 amide bonds. The highest BCUT2D eigenvalue weighted by atomic mass is 16.5. The zero-order valence-corrected chi connectivity index (χ0v) is 15.0. The first-order chi connectivity index (χ1) is 11.4. The normalized spacial score (nSPS) is 12.1. The number of rotatable bonds is 6. The number of aromatic nitrogens is 2. The van der Waals surface area contributed by atoms with E-state index in [2.05, 4.69) is 10.2 Å². The van der Waals surface area contributed by atoms with E-state index in [0.717, 1.165) is 22.5 Å². The number of hydrogen-bond donors (Lipinski definition) is 2. The Morgan fingerprint density at radius 2 is 2.08 bits per heavy atom. The Morgan fingerprint density at radius 1 is 1.38 bits per heavy atom. The number of nitrogens with one attached hydrogen (secondary N) is 1. The third kappa shape index (κ3) is 3.59. The average molecular weight is 330 g/mol. The van der Waals surface area contributed by atoms with Gasteiger partial charge in [-0.3, -0.25) is 9.89 Å². The van der Waals surface area contributed by atoms with Crippen LogP contribution in [0.25, 0.3) is 0 Å². The van der Waals surface area contributed by atoms with E-state index in [-0.39, 0.29) is 11.9 Å². The summed E-state index contributed by atoms with van der Waals surface area (Å²) >= 11 is 0. The lowest BCUT2D eigenvalue weighted by molar-refractivity contribution is 0.0737. The fourth-order valence-electron chi connectivity index (χ4n) is 2.84. The van der Waals surface area contributed by atoms with Crippen molar-refractivity contribution < 1.29 is 9.53 Å². The maximum Gasteiger partial charge on any atom is 0.257 e. The molecule has 1 heterocycles. The number of hydrogen-bond acceptors (Lipinski definition) is 4. The van der Waals surface area contributed by atoms with E-state index >= 15 is 0 Å². The van der Waals surface area contributed by atoms with Crippen LogP contribution in [0.2, 0.25) is 0 Å². The minimum atomic E-state index is -0.0980. The lowest BCUT2D eigenvalue weighted by Crippen LogP contribution is -2.30. The summed E-state index contributed by atoms with van der Waals surface area (Å²) in [5.41, 5.74) is 9.99. The number of H-pyrrole nitrogens is 1. The monoisotopic (exact) mass is 330 g/mol. The molecule has 130 valence electrons. The van der Waals surface area contributed by atoms with Gasteiger partial charge in [0.15, 0.2) is 0 Å². The first kappa shape index (κ1) is 18.0. The largest absolute Gasteiger partial charge is 0.491 e. The molecule has 0 bridgehead atoms. The van der Waals surface area contributed by atoms with Gasteiger partial charge in [0.2, 0.25) is 0 Å². The van der Waals surface area contributed by atoms with Gasteiger partial charge in [-0.15, -0.1) is 0 Å². The molecule has 0 fully saturated rings. The smallest absolute Gasteiger partial charge is 0.257 e. The molecular formula is C18H26N4O2. The van der Waals surface area contributed by atoms with Gasteiger partial charge in [0.25, 0.3) is 5.91 Å². The SMILES string of the molecule is Cc1ccc(OCCN)c(C(=O)N(C)[C@H](C)c2c(C)n[nH]c2C)c1. The molecule has 0 saturated carbocycles. The van der Waals surface area contributed by atoms with E-state index in [4.69, 9.17) is 10.5 Å². The van der Waals surface area contributed by atoms with Crippen LogP contribution in [0.5, 0.6) is 5.75 Å². The molecule has 6 heteroatoms. The Kier molecular flexibility index (Phi) is 5.62. The molecule has 0 aliphatic rings. The van der Waals surface area contributed by atoms with Crippen molar-refractivity contribution in [1.29, 1.82) is 0 Å². The average Bonchev–Trinajstić information content (AvgIpc) is 2.90. The predicted octanol–water partition coefficient (Wildman–Crippen LogP) is 2.51. The van der Waals surface area contributed by atoms with Gasteiger partial charge in [-0.1, -0.05) is 11.6 Å². The van der Waals surface area contributed by atoms with Crippen LogP contribution >= 0.6 is 0 Å². The fourth-order valence-corrected chi connectivity index (χ4v) is 2.84. The summed E-state index contributed by atoms with van der Waals surface area (Å²) in [7, 11) is 1.80. The number of aromatic amines is 1. The molecule has 0 unspecified atom stereocenters. The van der Waals surface area contributed by atoms with Crippen LogP contribution in [0.1, 0.15) is 45.8 Å². The van der Waals surface area contributed by atoms with Gasteiger partial charge in [-0.05, 0) is 39.8 Å². The van der Waals surface area contributed by atoms with E-state index in [0.29, 0.717) is 24.5 Å². The van der Waals surface area contributed by atoms with Crippen molar-refractivity contribution in [2.75, 3.05) is 20.2 Å². The van der Waals surface area contributed by atoms with Crippen molar-refractivity contribution >= 4 is 5.91 Å². The first-order valence-corrected chi connectivity index (χ1v) is 8.09. The fraction of sp³-hybridized carbons (Fsp3) is 0.444. The summed E-state index contributed by atoms with van der Waals surface area (Å²) in [6.45, 7) is 8.64. The Hall–Kier alpha value is -2.34. The minimum Gasteiger partial charge on any atom is -0.491 e. The van der Waals surface area contributed by atoms with Gasteiger partial charge in [-0.2, -0.15) is 5.10 Å². The molecule has 1 atom stereocenters. The van der Waals surface area contributed by atoms with Crippen molar-refractivity contribution in [2.45, 2.75) is 33.7 Å². The molecule has 0 radical (unpaired) electrons. The minimum absolute atomic E-state index is 0.0850. The van der Waals surface area contributed by atoms with Crippen molar-refractivity contribution in [3.8, 4) is 5.75 Å². The van der Waals surface area contributed by atoms with Crippen molar-refractivity contribution in [3.63, 3.8) is 0 Å². The van der Waals surface area contributed by atoms with E-state index in [1.165, 1.54) is 0 Å². The summed E-state index contributed by atoms with van der Waals surface area (Å²) in [4.78, 5) is 14.7. The number of nitrogens with two attached hydrogens (primary N) is 1. The lowest BCUT2D eigenvalue weighted by Gasteiger charge is -2.26. The Labute approximate surface area is 143 Å². The molecule has 0 saturated heterocycles.